The van der Waals surface area contributed by atoms with Crippen LogP contribution >= 0.6 is 0 Å². The van der Waals surface area contributed by atoms with Crippen molar-refractivity contribution in [2.24, 2.45) is 0 Å². The highest BCUT2D eigenvalue weighted by molar-refractivity contribution is 5.99. The molecule has 2 aromatic carbocycles. The fourth-order valence-corrected chi connectivity index (χ4v) is 5.64. The third-order valence-corrected chi connectivity index (χ3v) is 8.21. The van der Waals surface area contributed by atoms with E-state index in [1.807, 2.05) is 31.5 Å². The molecule has 5 rings (SSSR count). The van der Waals surface area contributed by atoms with Crippen LogP contribution in [0.15, 0.2) is 54.7 Å². The van der Waals surface area contributed by atoms with Gasteiger partial charge in [0.05, 0.1) is 29.5 Å². The fourth-order valence-electron chi connectivity index (χ4n) is 5.64. The topological polar surface area (TPSA) is 158 Å². The minimum atomic E-state index is -0.561. The highest BCUT2D eigenvalue weighted by atomic mass is 16.6. The van der Waals surface area contributed by atoms with Crippen LogP contribution < -0.4 is 25.4 Å². The molecule has 3 heterocycles. The minimum absolute atomic E-state index is 0.00474. The van der Waals surface area contributed by atoms with Crippen molar-refractivity contribution in [2.45, 2.75) is 78.4 Å². The number of rotatable bonds is 10. The summed E-state index contributed by atoms with van der Waals surface area (Å²) in [6.45, 7) is 15.0. The zero-order chi connectivity index (χ0) is 37.6. The Morgan fingerprint density at radius 1 is 0.885 bits per heavy atom. The molecule has 4 aromatic rings. The van der Waals surface area contributed by atoms with Gasteiger partial charge in [0.15, 0.2) is 0 Å². The number of carbonyl (C=O) groups is 3. The number of hydrogen-bond acceptors (Lipinski definition) is 9. The lowest BCUT2D eigenvalue weighted by molar-refractivity contribution is -0.114. The maximum absolute atomic E-state index is 13.3. The molecule has 278 valence electrons. The van der Waals surface area contributed by atoms with Crippen LogP contribution in [-0.2, 0) is 19.7 Å². The van der Waals surface area contributed by atoms with E-state index in [0.29, 0.717) is 84.5 Å². The maximum atomic E-state index is 13.3. The molecular formula is C38H49N7O7. The molecule has 2 aromatic heterocycles. The Bertz CT molecular complexity index is 1890. The monoisotopic (exact) mass is 715 g/mol. The number of methoxy groups -OCH3 is 1. The first-order valence-electron chi connectivity index (χ1n) is 17.4. The fraction of sp³-hybridized carbons (Fsp3) is 0.447. The van der Waals surface area contributed by atoms with Crippen molar-refractivity contribution in [1.82, 2.24) is 19.7 Å². The van der Waals surface area contributed by atoms with E-state index in [4.69, 9.17) is 24.0 Å². The average Bonchev–Trinajstić information content (AvgIpc) is 3.49. The molecular weight excluding hydrogens is 666 g/mol. The number of carbonyl (C=O) groups excluding carboxylic acids is 3. The number of ether oxygens (including phenoxy) is 4. The average molecular weight is 716 g/mol. The quantitative estimate of drug-likeness (QED) is 0.140. The van der Waals surface area contributed by atoms with Gasteiger partial charge in [-0.1, -0.05) is 20.8 Å². The third-order valence-electron chi connectivity index (χ3n) is 8.21. The first kappa shape index (κ1) is 37.9. The summed E-state index contributed by atoms with van der Waals surface area (Å²) in [5.41, 5.74) is 1.72. The van der Waals surface area contributed by atoms with E-state index < -0.39 is 11.6 Å². The van der Waals surface area contributed by atoms with E-state index in [2.05, 4.69) is 41.7 Å². The number of nitrogens with zero attached hydrogens (tertiary/aromatic N) is 4. The van der Waals surface area contributed by atoms with Gasteiger partial charge < -0.3 is 34.5 Å². The van der Waals surface area contributed by atoms with Crippen molar-refractivity contribution in [1.29, 1.82) is 0 Å². The zero-order valence-corrected chi connectivity index (χ0v) is 31.2. The molecule has 3 N–H and O–H groups in total. The van der Waals surface area contributed by atoms with E-state index >= 15 is 0 Å². The summed E-state index contributed by atoms with van der Waals surface area (Å²) in [7, 11) is 1.59. The Hall–Kier alpha value is -5.37. The van der Waals surface area contributed by atoms with Gasteiger partial charge >= 0.3 is 12.1 Å². The first-order valence-corrected chi connectivity index (χ1v) is 17.4. The number of fused-ring (bicyclic) bond motifs is 1. The van der Waals surface area contributed by atoms with Crippen molar-refractivity contribution < 1.29 is 33.3 Å². The molecule has 1 aliphatic heterocycles. The Kier molecular flexibility index (Phi) is 11.6. The van der Waals surface area contributed by atoms with Crippen LogP contribution in [0.5, 0.6) is 17.2 Å². The molecule has 4 amide bonds. The Labute approximate surface area is 304 Å². The molecule has 1 saturated heterocycles. The van der Waals surface area contributed by atoms with Crippen LogP contribution in [0.2, 0.25) is 0 Å². The lowest BCUT2D eigenvalue weighted by atomic mass is 9.92. The number of hydrogen-bond donors (Lipinski definition) is 3. The molecule has 52 heavy (non-hydrogen) atoms. The van der Waals surface area contributed by atoms with Gasteiger partial charge in [0.25, 0.3) is 0 Å². The van der Waals surface area contributed by atoms with Gasteiger partial charge in [-0.3, -0.25) is 15.1 Å². The third kappa shape index (κ3) is 9.90. The molecule has 0 bridgehead atoms. The van der Waals surface area contributed by atoms with Gasteiger partial charge in [0, 0.05) is 61.9 Å². The van der Waals surface area contributed by atoms with Crippen molar-refractivity contribution in [3.8, 4) is 17.2 Å². The molecule has 1 aliphatic rings. The van der Waals surface area contributed by atoms with Crippen LogP contribution in [0.4, 0.5) is 26.8 Å². The number of benzene rings is 2. The molecule has 0 unspecified atom stereocenters. The summed E-state index contributed by atoms with van der Waals surface area (Å²) in [6, 6.07) is 13.7. The number of amides is 4. The lowest BCUT2D eigenvalue weighted by Gasteiger charge is -2.34. The second-order valence-corrected chi connectivity index (χ2v) is 14.7. The Morgan fingerprint density at radius 3 is 2.23 bits per heavy atom. The second-order valence-electron chi connectivity index (χ2n) is 14.7. The summed E-state index contributed by atoms with van der Waals surface area (Å²) < 4.78 is 24.6. The van der Waals surface area contributed by atoms with Crippen molar-refractivity contribution >= 4 is 46.1 Å². The number of piperidine rings is 1. The highest BCUT2D eigenvalue weighted by Gasteiger charge is 2.30. The minimum Gasteiger partial charge on any atom is -0.489 e. The van der Waals surface area contributed by atoms with Crippen LogP contribution in [0.3, 0.4) is 0 Å². The van der Waals surface area contributed by atoms with Crippen molar-refractivity contribution in [3.63, 3.8) is 0 Å². The van der Waals surface area contributed by atoms with Gasteiger partial charge in [-0.25, -0.2) is 14.3 Å². The summed E-state index contributed by atoms with van der Waals surface area (Å²) in [5.74, 6) is 1.87. The van der Waals surface area contributed by atoms with E-state index in [0.717, 1.165) is 5.69 Å². The second kappa shape index (κ2) is 15.9. The molecule has 0 radical (unpaired) electrons. The predicted octanol–water partition coefficient (Wildman–Crippen LogP) is 7.72. The van der Waals surface area contributed by atoms with Gasteiger partial charge in [0.2, 0.25) is 5.91 Å². The smallest absolute Gasteiger partial charge is 0.410 e. The van der Waals surface area contributed by atoms with E-state index in [1.165, 1.54) is 6.92 Å². The van der Waals surface area contributed by atoms with Gasteiger partial charge in [-0.15, -0.1) is 0 Å². The largest absolute Gasteiger partial charge is 0.489 e. The van der Waals surface area contributed by atoms with Crippen LogP contribution in [0.1, 0.15) is 73.0 Å². The number of likely N-dealkylation sites (tertiary alicyclic amines) is 1. The molecule has 0 spiro atoms. The number of urea groups is 1. The van der Waals surface area contributed by atoms with Crippen LogP contribution in [-0.4, -0.2) is 76.7 Å². The zero-order valence-electron chi connectivity index (χ0n) is 31.2. The normalized spacial score (nSPS) is 13.8. The number of nitrogens with one attached hydrogen (secondary N) is 3. The van der Waals surface area contributed by atoms with Gasteiger partial charge in [0.1, 0.15) is 35.3 Å². The Balaban J connectivity index is 1.26. The van der Waals surface area contributed by atoms with Crippen molar-refractivity contribution in [3.05, 3.63) is 60.4 Å². The molecule has 0 saturated carbocycles. The summed E-state index contributed by atoms with van der Waals surface area (Å²) in [4.78, 5) is 44.0. The lowest BCUT2D eigenvalue weighted by Crippen LogP contribution is -2.42. The summed E-state index contributed by atoms with van der Waals surface area (Å²) in [5, 5.41) is 14.3. The van der Waals surface area contributed by atoms with Gasteiger partial charge in [-0.2, -0.15) is 5.10 Å². The number of aromatic nitrogens is 3. The summed E-state index contributed by atoms with van der Waals surface area (Å²) in [6.07, 6.45) is 2.66. The van der Waals surface area contributed by atoms with E-state index in [1.54, 1.807) is 60.7 Å². The predicted molar refractivity (Wildman–Crippen MR) is 200 cm³/mol. The summed E-state index contributed by atoms with van der Waals surface area (Å²) >= 11 is 0. The number of anilines is 3. The molecule has 0 atom stereocenters. The number of pyridine rings is 1. The molecule has 0 aliphatic carbocycles. The van der Waals surface area contributed by atoms with Crippen molar-refractivity contribution in [2.75, 3.05) is 49.4 Å². The van der Waals surface area contributed by atoms with Gasteiger partial charge in [-0.05, 0) is 70.0 Å². The maximum Gasteiger partial charge on any atom is 0.410 e. The molecule has 1 fully saturated rings. The van der Waals surface area contributed by atoms with E-state index in [-0.39, 0.29) is 23.5 Å². The van der Waals surface area contributed by atoms with Crippen LogP contribution in [0.25, 0.3) is 10.9 Å². The SMILES string of the molecule is COCCOc1cc2nccc(Oc3ccc(NC(=O)Nc4cc(C(C)(C)C)nn4C4CCN(C(=O)OC(C)(C)C)CC4)cc3)c2cc1NC(C)=O. The molecule has 14 heteroatoms. The van der Waals surface area contributed by atoms with Crippen LogP contribution in [0, 0.1) is 0 Å². The first-order chi connectivity index (χ1) is 24.6. The Morgan fingerprint density at radius 2 is 1.60 bits per heavy atom. The molecule has 14 nitrogen and oxygen atoms in total. The van der Waals surface area contributed by atoms with E-state index in [9.17, 15) is 14.4 Å². The highest BCUT2D eigenvalue weighted by Crippen LogP contribution is 2.36. The standard InChI is InChI=1S/C38H49N7O7/c1-24(46)40-30-21-28-29(22-32(30)50-20-19-49-8)39-16-13-31(28)51-27-11-9-25(10-12-27)41-35(47)42-34-23-33(37(2,3)4)43-45(34)26-14-17-44(18-15-26)36(48)52-38(5,6)7/h9-13,16,21-23,26H,14-15,17-20H2,1-8H3,(H,40,46)(H2,41,42,47).